The lowest BCUT2D eigenvalue weighted by Gasteiger charge is -2.23. The minimum atomic E-state index is 0.748. The summed E-state index contributed by atoms with van der Waals surface area (Å²) in [6.45, 7) is 2.10. The lowest BCUT2D eigenvalue weighted by atomic mass is 10.1. The van der Waals surface area contributed by atoms with E-state index in [-0.39, 0.29) is 0 Å². The molecule has 0 aliphatic rings. The van der Waals surface area contributed by atoms with E-state index in [1.54, 1.807) is 0 Å². The van der Waals surface area contributed by atoms with Crippen molar-refractivity contribution in [2.45, 2.75) is 12.3 Å². The molecule has 0 radical (unpaired) electrons. The number of hydrogen-bond donors (Lipinski definition) is 0. The third-order valence-electron chi connectivity index (χ3n) is 2.98. The number of alkyl halides is 1. The summed E-state index contributed by atoms with van der Waals surface area (Å²) in [4.78, 5) is 2.16. The van der Waals surface area contributed by atoms with Gasteiger partial charge in [-0.05, 0) is 36.8 Å². The molecular formula is C15H15BrClN. The van der Waals surface area contributed by atoms with Crippen LogP contribution in [0.3, 0.4) is 0 Å². The van der Waals surface area contributed by atoms with Crippen molar-refractivity contribution < 1.29 is 0 Å². The van der Waals surface area contributed by atoms with Gasteiger partial charge in [-0.2, -0.15) is 0 Å². The van der Waals surface area contributed by atoms with Crippen LogP contribution in [-0.4, -0.2) is 7.05 Å². The molecule has 0 saturated heterocycles. The van der Waals surface area contributed by atoms with Crippen LogP contribution in [-0.2, 0) is 5.33 Å². The molecular weight excluding hydrogens is 310 g/mol. The number of halogens is 2. The first-order valence-electron chi connectivity index (χ1n) is 5.77. The van der Waals surface area contributed by atoms with Gasteiger partial charge in [0.2, 0.25) is 0 Å². The van der Waals surface area contributed by atoms with E-state index in [0.29, 0.717) is 0 Å². The first-order chi connectivity index (χ1) is 8.63. The van der Waals surface area contributed by atoms with Crippen LogP contribution in [0.2, 0.25) is 5.02 Å². The molecule has 0 fully saturated rings. The number of aryl methyl sites for hydroxylation is 1. The molecule has 2 aromatic carbocycles. The molecule has 0 spiro atoms. The molecule has 3 heteroatoms. The fourth-order valence-electron chi connectivity index (χ4n) is 1.97. The number of hydrogen-bond acceptors (Lipinski definition) is 1. The highest BCUT2D eigenvalue weighted by Gasteiger charge is 2.11. The largest absolute Gasteiger partial charge is 0.344 e. The Hall–Kier alpha value is -0.990. The Morgan fingerprint density at radius 3 is 2.56 bits per heavy atom. The molecule has 0 aromatic heterocycles. The first kappa shape index (κ1) is 13.4. The predicted molar refractivity (Wildman–Crippen MR) is 83.3 cm³/mol. The predicted octanol–water partition coefficient (Wildman–Crippen LogP) is 5.31. The van der Waals surface area contributed by atoms with Gasteiger partial charge in [0.25, 0.3) is 0 Å². The van der Waals surface area contributed by atoms with Crippen LogP contribution >= 0.6 is 27.5 Å². The topological polar surface area (TPSA) is 3.24 Å². The fraction of sp³-hybridized carbons (Fsp3) is 0.200. The monoisotopic (exact) mass is 323 g/mol. The van der Waals surface area contributed by atoms with Gasteiger partial charge in [-0.25, -0.2) is 0 Å². The molecule has 0 amide bonds. The van der Waals surface area contributed by atoms with Gasteiger partial charge in [0.1, 0.15) is 0 Å². The van der Waals surface area contributed by atoms with Crippen LogP contribution in [0.15, 0.2) is 42.5 Å². The minimum absolute atomic E-state index is 0.748. The Labute approximate surface area is 122 Å². The summed E-state index contributed by atoms with van der Waals surface area (Å²) in [6.07, 6.45) is 0. The Kier molecular flexibility index (Phi) is 4.31. The summed E-state index contributed by atoms with van der Waals surface area (Å²) in [6, 6.07) is 14.4. The molecule has 0 atom stereocenters. The van der Waals surface area contributed by atoms with Gasteiger partial charge in [-0.3, -0.25) is 0 Å². The van der Waals surface area contributed by atoms with E-state index in [1.807, 2.05) is 12.1 Å². The maximum atomic E-state index is 6.24. The average Bonchev–Trinajstić information content (AvgIpc) is 2.37. The van der Waals surface area contributed by atoms with Gasteiger partial charge in [0, 0.05) is 34.3 Å². The van der Waals surface area contributed by atoms with Crippen molar-refractivity contribution >= 4 is 38.9 Å². The molecule has 0 unspecified atom stereocenters. The summed E-state index contributed by atoms with van der Waals surface area (Å²) < 4.78 is 0. The van der Waals surface area contributed by atoms with Crippen molar-refractivity contribution in [1.82, 2.24) is 0 Å². The van der Waals surface area contributed by atoms with E-state index >= 15 is 0 Å². The minimum Gasteiger partial charge on any atom is -0.344 e. The van der Waals surface area contributed by atoms with Gasteiger partial charge in [0.05, 0.1) is 0 Å². The van der Waals surface area contributed by atoms with Gasteiger partial charge < -0.3 is 4.90 Å². The SMILES string of the molecule is Cc1cccc(N(C)c2cccc(Cl)c2CBr)c1. The van der Waals surface area contributed by atoms with Crippen LogP contribution in [0.25, 0.3) is 0 Å². The summed E-state index contributed by atoms with van der Waals surface area (Å²) in [5.41, 5.74) is 4.66. The Morgan fingerprint density at radius 1 is 1.17 bits per heavy atom. The smallest absolute Gasteiger partial charge is 0.0467 e. The standard InChI is InChI=1S/C15H15BrClN/c1-11-5-3-6-12(9-11)18(2)15-8-4-7-14(17)13(15)10-16/h3-9H,10H2,1-2H3. The molecule has 2 rings (SSSR count). The van der Waals surface area contributed by atoms with Crippen LogP contribution in [0.4, 0.5) is 11.4 Å². The Bertz CT molecular complexity index is 554. The molecule has 0 saturated carbocycles. The van der Waals surface area contributed by atoms with Crippen molar-refractivity contribution in [3.05, 3.63) is 58.6 Å². The lowest BCUT2D eigenvalue weighted by molar-refractivity contribution is 1.17. The molecule has 2 aromatic rings. The molecule has 0 aliphatic heterocycles. The number of nitrogens with zero attached hydrogens (tertiary/aromatic N) is 1. The highest BCUT2D eigenvalue weighted by molar-refractivity contribution is 9.08. The zero-order valence-electron chi connectivity index (χ0n) is 10.5. The lowest BCUT2D eigenvalue weighted by Crippen LogP contribution is -2.11. The Balaban J connectivity index is 2.46. The number of rotatable bonds is 3. The van der Waals surface area contributed by atoms with Crippen LogP contribution in [0.5, 0.6) is 0 Å². The number of anilines is 2. The molecule has 0 bridgehead atoms. The van der Waals surface area contributed by atoms with Crippen molar-refractivity contribution in [1.29, 1.82) is 0 Å². The zero-order chi connectivity index (χ0) is 13.1. The third-order valence-corrected chi connectivity index (χ3v) is 3.89. The van der Waals surface area contributed by atoms with Crippen LogP contribution in [0.1, 0.15) is 11.1 Å². The maximum Gasteiger partial charge on any atom is 0.0467 e. The van der Waals surface area contributed by atoms with Crippen molar-refractivity contribution in [3.8, 4) is 0 Å². The first-order valence-corrected chi connectivity index (χ1v) is 7.27. The fourth-order valence-corrected chi connectivity index (χ4v) is 2.96. The second-order valence-electron chi connectivity index (χ2n) is 4.27. The van der Waals surface area contributed by atoms with E-state index in [9.17, 15) is 0 Å². The van der Waals surface area contributed by atoms with Gasteiger partial charge in [-0.15, -0.1) is 0 Å². The van der Waals surface area contributed by atoms with Crippen molar-refractivity contribution in [2.75, 3.05) is 11.9 Å². The molecule has 1 nitrogen and oxygen atoms in total. The third kappa shape index (κ3) is 2.70. The van der Waals surface area contributed by atoms with Crippen molar-refractivity contribution in [2.24, 2.45) is 0 Å². The van der Waals surface area contributed by atoms with E-state index in [4.69, 9.17) is 11.6 Å². The van der Waals surface area contributed by atoms with Gasteiger partial charge >= 0.3 is 0 Å². The molecule has 94 valence electrons. The summed E-state index contributed by atoms with van der Waals surface area (Å²) in [5, 5.41) is 1.54. The van der Waals surface area contributed by atoms with E-state index < -0.39 is 0 Å². The normalized spacial score (nSPS) is 10.4. The van der Waals surface area contributed by atoms with E-state index in [0.717, 1.165) is 21.6 Å². The molecule has 0 N–H and O–H groups in total. The van der Waals surface area contributed by atoms with Crippen LogP contribution < -0.4 is 4.90 Å². The Morgan fingerprint density at radius 2 is 1.89 bits per heavy atom. The van der Waals surface area contributed by atoms with E-state index in [1.165, 1.54) is 11.3 Å². The molecule has 18 heavy (non-hydrogen) atoms. The maximum absolute atomic E-state index is 6.24. The molecule has 0 heterocycles. The second-order valence-corrected chi connectivity index (χ2v) is 5.24. The van der Waals surface area contributed by atoms with Gasteiger partial charge in [-0.1, -0.05) is 45.7 Å². The zero-order valence-corrected chi connectivity index (χ0v) is 12.8. The second kappa shape index (κ2) is 5.77. The number of benzene rings is 2. The average molecular weight is 325 g/mol. The summed E-state index contributed by atoms with van der Waals surface area (Å²) in [5.74, 6) is 0. The van der Waals surface area contributed by atoms with Crippen LogP contribution in [0, 0.1) is 6.92 Å². The molecule has 0 aliphatic carbocycles. The highest BCUT2D eigenvalue weighted by Crippen LogP contribution is 2.33. The highest BCUT2D eigenvalue weighted by atomic mass is 79.9. The summed E-state index contributed by atoms with van der Waals surface area (Å²) in [7, 11) is 2.06. The van der Waals surface area contributed by atoms with Crippen molar-refractivity contribution in [3.63, 3.8) is 0 Å². The quantitative estimate of drug-likeness (QED) is 0.691. The van der Waals surface area contributed by atoms with E-state index in [2.05, 4.69) is 65.1 Å². The summed E-state index contributed by atoms with van der Waals surface area (Å²) >= 11 is 9.74. The van der Waals surface area contributed by atoms with Gasteiger partial charge in [0.15, 0.2) is 0 Å².